The van der Waals surface area contributed by atoms with Gasteiger partial charge in [-0.25, -0.2) is 0 Å². The molecule has 0 amide bonds. The molecule has 6 N–H and O–H groups in total. The minimum Gasteiger partial charge on any atom is -0.394 e. The summed E-state index contributed by atoms with van der Waals surface area (Å²) in [6.45, 7) is -2.13. The molecule has 2 fully saturated rings. The number of nitrogens with zero attached hydrogens (tertiary/aromatic N) is 2. The van der Waals surface area contributed by atoms with E-state index in [1.54, 1.807) is 0 Å². The lowest BCUT2D eigenvalue weighted by molar-refractivity contribution is -0.432. The molecule has 75 heavy (non-hydrogen) atoms. The molecule has 2 heterocycles. The molecule has 20 nitrogen and oxygen atoms in total. The van der Waals surface area contributed by atoms with Crippen LogP contribution in [0.3, 0.4) is 0 Å². The summed E-state index contributed by atoms with van der Waals surface area (Å²) in [5.41, 5.74) is 0. The highest BCUT2D eigenvalue weighted by atomic mass is 19.3. The number of halogens is 12. The predicted octanol–water partition coefficient (Wildman–Crippen LogP) is 2.52. The smallest absolute Gasteiger partial charge is 0.383 e. The van der Waals surface area contributed by atoms with Crippen LogP contribution in [-0.2, 0) is 56.8 Å². The molecule has 450 valence electrons. The Morgan fingerprint density at radius 2 is 0.613 bits per heavy atom. The van der Waals surface area contributed by atoms with Crippen molar-refractivity contribution in [1.29, 1.82) is 0 Å². The summed E-state index contributed by atoms with van der Waals surface area (Å²) in [5, 5.41) is 55.3. The number of likely N-dealkylation sites (tertiary alicyclic amines) is 2. The Balaban J connectivity index is 0.000000763. The molecule has 0 radical (unpaired) electrons. The topological polar surface area (TPSA) is 239 Å². The van der Waals surface area contributed by atoms with Crippen LogP contribution in [0.1, 0.15) is 44.9 Å². The Morgan fingerprint density at radius 3 is 0.973 bits per heavy atom. The summed E-state index contributed by atoms with van der Waals surface area (Å²) in [6.07, 6.45) is -34.6. The van der Waals surface area contributed by atoms with Crippen molar-refractivity contribution in [3.8, 4) is 0 Å². The largest absolute Gasteiger partial charge is 0.394 e. The Hall–Kier alpha value is -1.64. The first kappa shape index (κ1) is 71.4. The molecule has 32 heteroatoms. The van der Waals surface area contributed by atoms with Gasteiger partial charge in [-0.3, -0.25) is 14.2 Å². The fourth-order valence-corrected chi connectivity index (χ4v) is 6.39. The number of aliphatic hydroxyl groups excluding tert-OH is 6. The third-order valence-corrected chi connectivity index (χ3v) is 9.75. The van der Waals surface area contributed by atoms with Crippen LogP contribution in [0.5, 0.6) is 0 Å². The van der Waals surface area contributed by atoms with Crippen molar-refractivity contribution in [3.63, 3.8) is 0 Å². The summed E-state index contributed by atoms with van der Waals surface area (Å²) < 4.78 is 217. The van der Waals surface area contributed by atoms with E-state index < -0.39 is 127 Å². The van der Waals surface area contributed by atoms with E-state index in [0.29, 0.717) is 19.8 Å². The molecule has 0 aromatic heterocycles. The van der Waals surface area contributed by atoms with Crippen molar-refractivity contribution < 1.29 is 140 Å². The zero-order valence-corrected chi connectivity index (χ0v) is 41.7. The van der Waals surface area contributed by atoms with Gasteiger partial charge in [0.2, 0.25) is 0 Å². The van der Waals surface area contributed by atoms with E-state index in [1.165, 1.54) is 12.8 Å². The van der Waals surface area contributed by atoms with Crippen LogP contribution in [0.25, 0.3) is 0 Å². The van der Waals surface area contributed by atoms with E-state index in [4.69, 9.17) is 38.6 Å². The van der Waals surface area contributed by atoms with Gasteiger partial charge in [0, 0.05) is 13.1 Å². The van der Waals surface area contributed by atoms with Gasteiger partial charge in [-0.2, -0.15) is 52.7 Å². The van der Waals surface area contributed by atoms with Gasteiger partial charge in [0.05, 0.1) is 132 Å². The van der Waals surface area contributed by atoms with Crippen LogP contribution in [0.15, 0.2) is 0 Å². The lowest BCUT2D eigenvalue weighted by atomic mass is 10.3. The van der Waals surface area contributed by atoms with Gasteiger partial charge < -0.3 is 83.1 Å². The molecule has 0 bridgehead atoms. The van der Waals surface area contributed by atoms with Crippen molar-refractivity contribution in [2.75, 3.05) is 171 Å². The van der Waals surface area contributed by atoms with Crippen LogP contribution < -0.4 is 0 Å². The van der Waals surface area contributed by atoms with Crippen molar-refractivity contribution >= 4 is 0 Å². The first-order valence-corrected chi connectivity index (χ1v) is 24.1. The van der Waals surface area contributed by atoms with E-state index in [1.807, 2.05) is 0 Å². The van der Waals surface area contributed by atoms with Crippen LogP contribution in [0.4, 0.5) is 52.7 Å². The highest BCUT2D eigenvalue weighted by molar-refractivity contribution is 4.70. The van der Waals surface area contributed by atoms with Crippen LogP contribution in [0, 0.1) is 0 Å². The van der Waals surface area contributed by atoms with Crippen molar-refractivity contribution in [2.24, 2.45) is 0 Å². The summed E-state index contributed by atoms with van der Waals surface area (Å²) in [7, 11) is 0. The number of rotatable bonds is 47. The van der Waals surface area contributed by atoms with Gasteiger partial charge in [-0.15, -0.1) is 0 Å². The van der Waals surface area contributed by atoms with E-state index in [9.17, 15) is 73.1 Å². The highest BCUT2D eigenvalue weighted by Gasteiger charge is 2.54. The highest BCUT2D eigenvalue weighted by Crippen LogP contribution is 2.40. The summed E-state index contributed by atoms with van der Waals surface area (Å²) in [6, 6.07) is 0. The van der Waals surface area contributed by atoms with Crippen molar-refractivity contribution in [3.05, 3.63) is 0 Å². The first-order valence-electron chi connectivity index (χ1n) is 24.1. The van der Waals surface area contributed by atoms with Crippen molar-refractivity contribution in [2.45, 2.75) is 106 Å². The molecule has 0 aromatic rings. The lowest BCUT2D eigenvalue weighted by Gasteiger charge is -2.28. The van der Waals surface area contributed by atoms with Crippen LogP contribution >= 0.6 is 0 Å². The normalized spacial score (nSPS) is 17.4. The van der Waals surface area contributed by atoms with Gasteiger partial charge in [-0.05, 0) is 51.9 Å². The molecule has 2 saturated heterocycles. The maximum absolute atomic E-state index is 13.8. The second-order valence-electron chi connectivity index (χ2n) is 17.1. The third kappa shape index (κ3) is 41.1. The monoisotopic (exact) mass is 1140 g/mol. The lowest BCUT2D eigenvalue weighted by Crippen LogP contribution is -2.42. The number of aliphatic hydroxyl groups is 6. The average Bonchev–Trinajstić information content (AvgIpc) is 4.02. The fourth-order valence-electron chi connectivity index (χ4n) is 6.39. The number of ether oxygens (including phenoxy) is 12. The Morgan fingerprint density at radius 1 is 0.333 bits per heavy atom. The Kier molecular flexibility index (Phi) is 37.0. The molecule has 0 aromatic carbocycles. The van der Waals surface area contributed by atoms with E-state index in [-0.39, 0.29) is 72.7 Å². The van der Waals surface area contributed by atoms with Gasteiger partial charge in [0.25, 0.3) is 0 Å². The maximum atomic E-state index is 13.8. The fraction of sp³-hybridized carbons (Fsp3) is 1.00. The molecule has 2 aliphatic heterocycles. The molecule has 4 unspecified atom stereocenters. The average molecular weight is 1140 g/mol. The van der Waals surface area contributed by atoms with E-state index >= 15 is 0 Å². The molecule has 0 spiro atoms. The Bertz CT molecular complexity index is 1390. The molecule has 4 atom stereocenters. The number of hydrogen-bond donors (Lipinski definition) is 6. The molecule has 0 saturated carbocycles. The number of alkyl halides is 12. The van der Waals surface area contributed by atoms with Gasteiger partial charge in [-0.1, -0.05) is 0 Å². The summed E-state index contributed by atoms with van der Waals surface area (Å²) in [4.78, 5) is 4.43. The van der Waals surface area contributed by atoms with Crippen LogP contribution in [0.2, 0.25) is 0 Å². The van der Waals surface area contributed by atoms with E-state index in [0.717, 1.165) is 45.6 Å². The first-order chi connectivity index (χ1) is 35.2. The minimum atomic E-state index is -5.28. The SMILES string of the molecule is OCCOCC(O)COCC(F)(F)OC(F)(F)COCCOCC(O)COCCN1CCCC1.OCCOCC(O)COCCC(F)(F)OC(F)(F)CC(F)(F)OC(F)(F)CCOCC(O)COCCN1CCCC1. The zero-order valence-electron chi connectivity index (χ0n) is 41.7. The second kappa shape index (κ2) is 38.9. The standard InChI is InChI=1S/C23H39F8NO9.C20H37F4NO9/c24-20(25,3-9-36-13-18(34)15-38-11-7-32-5-1-2-6-32)40-22(28,29)17-23(30,31)41-21(26,27)4-10-37-14-19(35)16-39-12-8-33;21-19(22,34-20(23,24)16-33-14-18(28)12-30-8-6-26)15-32-10-9-31-13-17(27)11-29-7-5-25-3-1-2-4-25/h18-19,33-35H,1-17H2;17-18,26-28H,1-16H2. The maximum Gasteiger partial charge on any atom is 0.383 e. The van der Waals surface area contributed by atoms with Crippen LogP contribution in [-0.4, -0.2) is 273 Å². The van der Waals surface area contributed by atoms with Gasteiger partial charge in [0.15, 0.2) is 0 Å². The zero-order chi connectivity index (χ0) is 56.3. The summed E-state index contributed by atoms with van der Waals surface area (Å²) >= 11 is 0. The molecule has 2 aliphatic rings. The van der Waals surface area contributed by atoms with Gasteiger partial charge >= 0.3 is 36.7 Å². The second-order valence-corrected chi connectivity index (χ2v) is 17.1. The quantitative estimate of drug-likeness (QED) is 0.0379. The van der Waals surface area contributed by atoms with Gasteiger partial charge in [0.1, 0.15) is 44.1 Å². The minimum absolute atomic E-state index is 0.0540. The predicted molar refractivity (Wildman–Crippen MR) is 234 cm³/mol. The van der Waals surface area contributed by atoms with E-state index in [2.05, 4.69) is 38.2 Å². The molecule has 0 aliphatic carbocycles. The Labute approximate surface area is 427 Å². The van der Waals surface area contributed by atoms with Crippen molar-refractivity contribution in [1.82, 2.24) is 9.80 Å². The number of hydrogen-bond acceptors (Lipinski definition) is 20. The summed E-state index contributed by atoms with van der Waals surface area (Å²) in [5.74, 6) is 0. The molecule has 2 rings (SSSR count). The molecular weight excluding hydrogens is 1060 g/mol. The third-order valence-electron chi connectivity index (χ3n) is 9.75. The molecular formula is C43H76F12N2O18.